The van der Waals surface area contributed by atoms with Gasteiger partial charge >= 0.3 is 0 Å². The van der Waals surface area contributed by atoms with E-state index in [4.69, 9.17) is 4.74 Å². The smallest absolute Gasteiger partial charge is 0.282 e. The Hall–Kier alpha value is -0.0300. The number of hydrogen-bond donors (Lipinski definition) is 0. The molecule has 0 aliphatic carbocycles. The first kappa shape index (κ1) is 18.8. The summed E-state index contributed by atoms with van der Waals surface area (Å²) in [6.45, 7) is 8.25. The lowest BCUT2D eigenvalue weighted by Gasteiger charge is -2.40. The Morgan fingerprint density at radius 3 is 2.29 bits per heavy atom. The molecule has 2 atom stereocenters. The van der Waals surface area contributed by atoms with Crippen LogP contribution < -0.4 is 0 Å². The van der Waals surface area contributed by atoms with Crippen molar-refractivity contribution in [2.24, 2.45) is 0 Å². The second-order valence-corrected chi connectivity index (χ2v) is 10.9. The van der Waals surface area contributed by atoms with E-state index in [0.717, 1.165) is 23.4 Å². The molecule has 2 aliphatic rings. The van der Waals surface area contributed by atoms with Crippen LogP contribution in [0.1, 0.15) is 18.7 Å². The Kier molecular flexibility index (Phi) is 6.01. The molecule has 0 spiro atoms. The summed E-state index contributed by atoms with van der Waals surface area (Å²) in [5.74, 6) is 0. The maximum atomic E-state index is 12.9. The summed E-state index contributed by atoms with van der Waals surface area (Å²) < 4.78 is 35.7. The van der Waals surface area contributed by atoms with Gasteiger partial charge in [0.25, 0.3) is 10.2 Å². The number of thiophene rings is 1. The van der Waals surface area contributed by atoms with Crippen LogP contribution >= 0.6 is 27.3 Å². The zero-order valence-electron chi connectivity index (χ0n) is 14.0. The van der Waals surface area contributed by atoms with Crippen molar-refractivity contribution in [1.82, 2.24) is 13.5 Å². The van der Waals surface area contributed by atoms with Crippen LogP contribution in [0, 0.1) is 0 Å². The van der Waals surface area contributed by atoms with Crippen molar-refractivity contribution >= 4 is 37.5 Å². The second-order valence-electron chi connectivity index (χ2n) is 6.46. The third kappa shape index (κ3) is 4.38. The molecule has 2 fully saturated rings. The normalized spacial score (nSPS) is 28.3. The van der Waals surface area contributed by atoms with Crippen LogP contribution in [0.4, 0.5) is 0 Å². The van der Waals surface area contributed by atoms with Crippen LogP contribution in [0.3, 0.4) is 0 Å². The number of rotatable bonds is 4. The van der Waals surface area contributed by atoms with Gasteiger partial charge in [0.2, 0.25) is 0 Å². The molecule has 2 saturated heterocycles. The fourth-order valence-corrected chi connectivity index (χ4v) is 6.53. The Morgan fingerprint density at radius 1 is 1.12 bits per heavy atom. The lowest BCUT2D eigenvalue weighted by molar-refractivity contribution is -0.0457. The van der Waals surface area contributed by atoms with Crippen LogP contribution in [0.2, 0.25) is 0 Å². The van der Waals surface area contributed by atoms with Gasteiger partial charge in [0.15, 0.2) is 0 Å². The lowest BCUT2D eigenvalue weighted by atomic mass is 10.3. The van der Waals surface area contributed by atoms with Crippen LogP contribution in [0.25, 0.3) is 0 Å². The van der Waals surface area contributed by atoms with Crippen LogP contribution in [0.5, 0.6) is 0 Å². The SMILES string of the molecule is CC1CN(S(=O)(=O)N2CCN(Cc3ccc(Br)s3)CC2)CC(C)O1. The van der Waals surface area contributed by atoms with Crippen LogP contribution in [-0.4, -0.2) is 73.4 Å². The molecule has 0 N–H and O–H groups in total. The first-order chi connectivity index (χ1) is 11.3. The highest BCUT2D eigenvalue weighted by molar-refractivity contribution is 9.11. The van der Waals surface area contributed by atoms with Crippen molar-refractivity contribution in [1.29, 1.82) is 0 Å². The van der Waals surface area contributed by atoms with Gasteiger partial charge < -0.3 is 4.74 Å². The number of halogens is 1. The zero-order chi connectivity index (χ0) is 17.3. The minimum atomic E-state index is -3.39. The third-order valence-corrected chi connectivity index (χ3v) is 7.96. The van der Waals surface area contributed by atoms with E-state index in [-0.39, 0.29) is 12.2 Å². The molecule has 3 rings (SSSR count). The zero-order valence-corrected chi connectivity index (χ0v) is 17.2. The van der Waals surface area contributed by atoms with E-state index in [1.807, 2.05) is 13.8 Å². The minimum Gasteiger partial charge on any atom is -0.373 e. The average Bonchev–Trinajstić information content (AvgIpc) is 2.92. The predicted molar refractivity (Wildman–Crippen MR) is 99.4 cm³/mol. The van der Waals surface area contributed by atoms with Gasteiger partial charge in [0.05, 0.1) is 16.0 Å². The van der Waals surface area contributed by atoms with E-state index >= 15 is 0 Å². The molecule has 0 radical (unpaired) electrons. The van der Waals surface area contributed by atoms with Crippen molar-refractivity contribution in [2.45, 2.75) is 32.6 Å². The van der Waals surface area contributed by atoms with Gasteiger partial charge in [0, 0.05) is 50.7 Å². The molecule has 6 nitrogen and oxygen atoms in total. The summed E-state index contributed by atoms with van der Waals surface area (Å²) >= 11 is 5.21. The maximum absolute atomic E-state index is 12.9. The standard InChI is InChI=1S/C15H24BrN3O3S2/c1-12-9-19(10-13(2)22-12)24(20,21)18-7-5-17(6-8-18)11-14-3-4-15(16)23-14/h3-4,12-13H,5-11H2,1-2H3. The molecule has 0 amide bonds. The first-order valence-electron chi connectivity index (χ1n) is 8.22. The quantitative estimate of drug-likeness (QED) is 0.722. The topological polar surface area (TPSA) is 53.1 Å². The molecule has 24 heavy (non-hydrogen) atoms. The molecule has 1 aromatic heterocycles. The third-order valence-electron chi connectivity index (χ3n) is 4.38. The average molecular weight is 438 g/mol. The summed E-state index contributed by atoms with van der Waals surface area (Å²) in [6.07, 6.45) is -0.107. The van der Waals surface area contributed by atoms with Crippen molar-refractivity contribution in [3.05, 3.63) is 20.8 Å². The Bertz CT molecular complexity index is 649. The van der Waals surface area contributed by atoms with Gasteiger partial charge in [-0.1, -0.05) is 0 Å². The number of ether oxygens (including phenoxy) is 1. The molecule has 2 aliphatic heterocycles. The number of hydrogen-bond acceptors (Lipinski definition) is 5. The fraction of sp³-hybridized carbons (Fsp3) is 0.733. The molecule has 2 unspecified atom stereocenters. The van der Waals surface area contributed by atoms with Crippen molar-refractivity contribution < 1.29 is 13.2 Å². The largest absolute Gasteiger partial charge is 0.373 e. The number of morpholine rings is 1. The molecule has 9 heteroatoms. The predicted octanol–water partition coefficient (Wildman–Crippen LogP) is 1.98. The maximum Gasteiger partial charge on any atom is 0.282 e. The molecule has 0 saturated carbocycles. The Balaban J connectivity index is 1.57. The highest BCUT2D eigenvalue weighted by Gasteiger charge is 2.36. The van der Waals surface area contributed by atoms with Gasteiger partial charge in [-0.25, -0.2) is 0 Å². The molecule has 0 aromatic carbocycles. The van der Waals surface area contributed by atoms with Crippen LogP contribution in [0.15, 0.2) is 15.9 Å². The first-order valence-corrected chi connectivity index (χ1v) is 11.2. The van der Waals surface area contributed by atoms with E-state index < -0.39 is 10.2 Å². The molecular formula is C15H24BrN3O3S2. The van der Waals surface area contributed by atoms with E-state index in [0.29, 0.717) is 26.2 Å². The summed E-state index contributed by atoms with van der Waals surface area (Å²) in [4.78, 5) is 3.61. The van der Waals surface area contributed by atoms with Gasteiger partial charge in [0.1, 0.15) is 0 Å². The minimum absolute atomic E-state index is 0.0536. The van der Waals surface area contributed by atoms with E-state index in [1.165, 1.54) is 4.88 Å². The van der Waals surface area contributed by atoms with Gasteiger partial charge in [-0.3, -0.25) is 4.90 Å². The van der Waals surface area contributed by atoms with Crippen molar-refractivity contribution in [3.8, 4) is 0 Å². The van der Waals surface area contributed by atoms with Gasteiger partial charge in [-0.05, 0) is 41.9 Å². The highest BCUT2D eigenvalue weighted by atomic mass is 79.9. The van der Waals surface area contributed by atoms with Gasteiger partial charge in [-0.15, -0.1) is 11.3 Å². The molecule has 3 heterocycles. The molecule has 136 valence electrons. The Labute approximate surface area is 156 Å². The van der Waals surface area contributed by atoms with E-state index in [2.05, 4.69) is 33.0 Å². The van der Waals surface area contributed by atoms with Gasteiger partial charge in [-0.2, -0.15) is 17.0 Å². The van der Waals surface area contributed by atoms with E-state index in [9.17, 15) is 8.42 Å². The molecule has 1 aromatic rings. The summed E-state index contributed by atoms with van der Waals surface area (Å²) in [5.41, 5.74) is 0. The monoisotopic (exact) mass is 437 g/mol. The van der Waals surface area contributed by atoms with Crippen molar-refractivity contribution in [2.75, 3.05) is 39.3 Å². The second kappa shape index (κ2) is 7.69. The molecular weight excluding hydrogens is 414 g/mol. The highest BCUT2D eigenvalue weighted by Crippen LogP contribution is 2.24. The number of piperazine rings is 1. The van der Waals surface area contributed by atoms with E-state index in [1.54, 1.807) is 19.9 Å². The van der Waals surface area contributed by atoms with Crippen molar-refractivity contribution in [3.63, 3.8) is 0 Å². The summed E-state index contributed by atoms with van der Waals surface area (Å²) in [5, 5.41) is 0. The summed E-state index contributed by atoms with van der Waals surface area (Å²) in [7, 11) is -3.39. The fourth-order valence-electron chi connectivity index (χ4n) is 3.26. The summed E-state index contributed by atoms with van der Waals surface area (Å²) in [6, 6.07) is 4.18. The molecule has 0 bridgehead atoms. The number of nitrogens with zero attached hydrogens (tertiary/aromatic N) is 3. The van der Waals surface area contributed by atoms with Crippen LogP contribution in [-0.2, 0) is 21.5 Å². The lowest BCUT2D eigenvalue weighted by Crippen LogP contribution is -2.56. The Morgan fingerprint density at radius 2 is 1.75 bits per heavy atom.